The standard InChI is InChI=1S/C18H20FNO/c19-16-5-3-14(4-6-16)15-11-17(12-15)20-10-9-13-1-7-18(21)8-2-13/h1-8,15,17,20-21H,9-12H2. The summed E-state index contributed by atoms with van der Waals surface area (Å²) in [4.78, 5) is 0. The molecule has 0 unspecified atom stereocenters. The molecule has 0 heterocycles. The molecule has 21 heavy (non-hydrogen) atoms. The number of phenols is 1. The second kappa shape index (κ2) is 6.27. The number of aromatic hydroxyl groups is 1. The zero-order valence-corrected chi connectivity index (χ0v) is 11.9. The molecular weight excluding hydrogens is 265 g/mol. The molecule has 1 fully saturated rings. The van der Waals surface area contributed by atoms with Crippen LogP contribution < -0.4 is 5.32 Å². The van der Waals surface area contributed by atoms with E-state index in [1.807, 2.05) is 24.3 Å². The minimum absolute atomic E-state index is 0.165. The van der Waals surface area contributed by atoms with E-state index in [1.165, 1.54) is 11.1 Å². The molecule has 2 aromatic carbocycles. The SMILES string of the molecule is Oc1ccc(CCNC2CC(c3ccc(F)cc3)C2)cc1. The maximum absolute atomic E-state index is 12.9. The molecule has 2 aromatic rings. The van der Waals surface area contributed by atoms with Gasteiger partial charge in [-0.05, 0) is 67.1 Å². The maximum Gasteiger partial charge on any atom is 0.123 e. The van der Waals surface area contributed by atoms with Crippen molar-refractivity contribution in [1.29, 1.82) is 0 Å². The van der Waals surface area contributed by atoms with Crippen molar-refractivity contribution < 1.29 is 9.50 Å². The van der Waals surface area contributed by atoms with Crippen molar-refractivity contribution in [2.45, 2.75) is 31.2 Å². The van der Waals surface area contributed by atoms with Gasteiger partial charge in [-0.15, -0.1) is 0 Å². The molecule has 0 aliphatic heterocycles. The molecular formula is C18H20FNO. The van der Waals surface area contributed by atoms with Crippen LogP contribution in [0.15, 0.2) is 48.5 Å². The number of hydrogen-bond acceptors (Lipinski definition) is 2. The van der Waals surface area contributed by atoms with E-state index in [1.54, 1.807) is 24.3 Å². The van der Waals surface area contributed by atoms with Gasteiger partial charge >= 0.3 is 0 Å². The molecule has 0 atom stereocenters. The highest BCUT2D eigenvalue weighted by molar-refractivity contribution is 5.26. The van der Waals surface area contributed by atoms with Gasteiger partial charge in [0.25, 0.3) is 0 Å². The van der Waals surface area contributed by atoms with Crippen molar-refractivity contribution in [1.82, 2.24) is 5.32 Å². The molecule has 1 aliphatic rings. The number of rotatable bonds is 5. The smallest absolute Gasteiger partial charge is 0.123 e. The fraction of sp³-hybridized carbons (Fsp3) is 0.333. The third kappa shape index (κ3) is 3.61. The summed E-state index contributed by atoms with van der Waals surface area (Å²) < 4.78 is 12.9. The Morgan fingerprint density at radius 1 is 1.00 bits per heavy atom. The molecule has 0 radical (unpaired) electrons. The molecule has 2 nitrogen and oxygen atoms in total. The van der Waals surface area contributed by atoms with E-state index in [0.717, 1.165) is 25.8 Å². The predicted molar refractivity (Wildman–Crippen MR) is 82.0 cm³/mol. The molecule has 0 aromatic heterocycles. The Bertz CT molecular complexity index is 573. The Kier molecular flexibility index (Phi) is 4.20. The number of halogens is 1. The molecule has 2 N–H and O–H groups in total. The lowest BCUT2D eigenvalue weighted by Gasteiger charge is -2.36. The minimum atomic E-state index is -0.165. The molecule has 0 bridgehead atoms. The average Bonchev–Trinajstić information content (AvgIpc) is 2.45. The van der Waals surface area contributed by atoms with E-state index >= 15 is 0 Å². The first-order valence-corrected chi connectivity index (χ1v) is 7.47. The van der Waals surface area contributed by atoms with Gasteiger partial charge in [0.15, 0.2) is 0 Å². The second-order valence-electron chi connectivity index (χ2n) is 5.79. The van der Waals surface area contributed by atoms with Gasteiger partial charge in [-0.1, -0.05) is 24.3 Å². The van der Waals surface area contributed by atoms with Crippen LogP contribution >= 0.6 is 0 Å². The van der Waals surface area contributed by atoms with Gasteiger partial charge in [0, 0.05) is 6.04 Å². The Morgan fingerprint density at radius 3 is 2.33 bits per heavy atom. The highest BCUT2D eigenvalue weighted by atomic mass is 19.1. The van der Waals surface area contributed by atoms with Gasteiger partial charge in [0.05, 0.1) is 0 Å². The lowest BCUT2D eigenvalue weighted by Crippen LogP contribution is -2.40. The van der Waals surface area contributed by atoms with Crippen LogP contribution in [0.4, 0.5) is 4.39 Å². The summed E-state index contributed by atoms with van der Waals surface area (Å²) in [7, 11) is 0. The van der Waals surface area contributed by atoms with E-state index in [2.05, 4.69) is 5.32 Å². The van der Waals surface area contributed by atoms with Crippen LogP contribution in [0.2, 0.25) is 0 Å². The molecule has 110 valence electrons. The van der Waals surface area contributed by atoms with Gasteiger partial charge in [0.1, 0.15) is 11.6 Å². The van der Waals surface area contributed by atoms with Gasteiger partial charge in [-0.3, -0.25) is 0 Å². The normalized spacial score (nSPS) is 21.0. The molecule has 0 saturated heterocycles. The van der Waals surface area contributed by atoms with E-state index in [9.17, 15) is 9.50 Å². The van der Waals surface area contributed by atoms with Gasteiger partial charge in [-0.25, -0.2) is 4.39 Å². The Balaban J connectivity index is 1.39. The van der Waals surface area contributed by atoms with Crippen LogP contribution in [-0.2, 0) is 6.42 Å². The number of benzene rings is 2. The van der Waals surface area contributed by atoms with Crippen LogP contribution in [0.5, 0.6) is 5.75 Å². The first kappa shape index (κ1) is 14.1. The molecule has 3 rings (SSSR count). The third-order valence-electron chi connectivity index (χ3n) is 4.26. The Hall–Kier alpha value is -1.87. The fourth-order valence-corrected chi connectivity index (χ4v) is 2.87. The van der Waals surface area contributed by atoms with Crippen LogP contribution in [0.25, 0.3) is 0 Å². The highest BCUT2D eigenvalue weighted by Crippen LogP contribution is 2.36. The van der Waals surface area contributed by atoms with Crippen LogP contribution in [0.3, 0.4) is 0 Å². The lowest BCUT2D eigenvalue weighted by molar-refractivity contribution is 0.292. The predicted octanol–water partition coefficient (Wildman–Crippen LogP) is 3.61. The summed E-state index contributed by atoms with van der Waals surface area (Å²) in [6.45, 7) is 0.950. The second-order valence-corrected chi connectivity index (χ2v) is 5.79. The van der Waals surface area contributed by atoms with E-state index < -0.39 is 0 Å². The minimum Gasteiger partial charge on any atom is -0.508 e. The van der Waals surface area contributed by atoms with Crippen LogP contribution in [0.1, 0.15) is 29.9 Å². The topological polar surface area (TPSA) is 32.3 Å². The van der Waals surface area contributed by atoms with Gasteiger partial charge in [0.2, 0.25) is 0 Å². The number of nitrogens with one attached hydrogen (secondary N) is 1. The van der Waals surface area contributed by atoms with Crippen molar-refractivity contribution >= 4 is 0 Å². The third-order valence-corrected chi connectivity index (χ3v) is 4.26. The molecule has 0 amide bonds. The van der Waals surface area contributed by atoms with Crippen molar-refractivity contribution in [2.75, 3.05) is 6.54 Å². The zero-order chi connectivity index (χ0) is 14.7. The molecule has 3 heteroatoms. The van der Waals surface area contributed by atoms with Crippen molar-refractivity contribution in [3.63, 3.8) is 0 Å². The summed E-state index contributed by atoms with van der Waals surface area (Å²) in [5.41, 5.74) is 2.47. The first-order chi connectivity index (χ1) is 10.2. The Morgan fingerprint density at radius 2 is 1.67 bits per heavy atom. The molecule has 0 spiro atoms. The summed E-state index contributed by atoms with van der Waals surface area (Å²) in [6, 6.07) is 14.8. The van der Waals surface area contributed by atoms with Crippen molar-refractivity contribution in [2.24, 2.45) is 0 Å². The van der Waals surface area contributed by atoms with Crippen molar-refractivity contribution in [3.05, 3.63) is 65.5 Å². The van der Waals surface area contributed by atoms with Gasteiger partial charge < -0.3 is 10.4 Å². The lowest BCUT2D eigenvalue weighted by atomic mass is 9.76. The quantitative estimate of drug-likeness (QED) is 0.879. The van der Waals surface area contributed by atoms with Gasteiger partial charge in [-0.2, -0.15) is 0 Å². The summed E-state index contributed by atoms with van der Waals surface area (Å²) in [5.74, 6) is 0.714. The molecule has 1 saturated carbocycles. The summed E-state index contributed by atoms with van der Waals surface area (Å²) in [6.07, 6.45) is 3.22. The van der Waals surface area contributed by atoms with Crippen LogP contribution in [-0.4, -0.2) is 17.7 Å². The zero-order valence-electron chi connectivity index (χ0n) is 11.9. The fourth-order valence-electron chi connectivity index (χ4n) is 2.87. The van der Waals surface area contributed by atoms with E-state index in [4.69, 9.17) is 0 Å². The maximum atomic E-state index is 12.9. The first-order valence-electron chi connectivity index (χ1n) is 7.47. The average molecular weight is 285 g/mol. The number of phenolic OH excluding ortho intramolecular Hbond substituents is 1. The van der Waals surface area contributed by atoms with E-state index in [0.29, 0.717) is 17.7 Å². The summed E-state index contributed by atoms with van der Waals surface area (Å²) >= 11 is 0. The Labute approximate surface area is 124 Å². The highest BCUT2D eigenvalue weighted by Gasteiger charge is 2.29. The largest absolute Gasteiger partial charge is 0.508 e. The van der Waals surface area contributed by atoms with Crippen LogP contribution in [0, 0.1) is 5.82 Å². The number of hydrogen-bond donors (Lipinski definition) is 2. The monoisotopic (exact) mass is 285 g/mol. The summed E-state index contributed by atoms with van der Waals surface area (Å²) in [5, 5.41) is 12.8. The van der Waals surface area contributed by atoms with Crippen molar-refractivity contribution in [3.8, 4) is 5.75 Å². The molecule has 1 aliphatic carbocycles. The van der Waals surface area contributed by atoms with E-state index in [-0.39, 0.29) is 5.82 Å².